The lowest BCUT2D eigenvalue weighted by molar-refractivity contribution is -0.136. The van der Waals surface area contributed by atoms with Crippen molar-refractivity contribution in [3.63, 3.8) is 0 Å². The van der Waals surface area contributed by atoms with E-state index in [0.717, 1.165) is 30.4 Å². The quantitative estimate of drug-likeness (QED) is 0.800. The van der Waals surface area contributed by atoms with Crippen molar-refractivity contribution in [2.75, 3.05) is 20.1 Å². The van der Waals surface area contributed by atoms with Gasteiger partial charge in [-0.05, 0) is 54.7 Å². The third kappa shape index (κ3) is 4.30. The fraction of sp³-hybridized carbons (Fsp3) is 0.667. The lowest BCUT2D eigenvalue weighted by atomic mass is 10.00. The summed E-state index contributed by atoms with van der Waals surface area (Å²) in [6.07, 6.45) is 4.67. The molecule has 3 nitrogen and oxygen atoms in total. The highest BCUT2D eigenvalue weighted by molar-refractivity contribution is 9.10. The van der Waals surface area contributed by atoms with Gasteiger partial charge >= 0.3 is 0 Å². The smallest absolute Gasteiger partial charge is 0.236 e. The van der Waals surface area contributed by atoms with E-state index in [1.807, 2.05) is 7.05 Å². The fourth-order valence-electron chi connectivity index (χ4n) is 2.83. The molecule has 112 valence electrons. The number of likely N-dealkylation sites (tertiary alicyclic amines) is 1. The first-order valence-corrected chi connectivity index (χ1v) is 8.98. The van der Waals surface area contributed by atoms with Gasteiger partial charge in [0, 0.05) is 33.9 Å². The molecule has 1 aromatic rings. The van der Waals surface area contributed by atoms with Crippen LogP contribution in [0.5, 0.6) is 0 Å². The molecule has 1 saturated heterocycles. The number of hydrogen-bond acceptors (Lipinski definition) is 3. The predicted octanol–water partition coefficient (Wildman–Crippen LogP) is 3.73. The Morgan fingerprint density at radius 2 is 2.35 bits per heavy atom. The number of likely N-dealkylation sites (N-methyl/N-ethyl adjacent to an activating group) is 1. The second-order valence-electron chi connectivity index (χ2n) is 5.55. The molecule has 0 saturated carbocycles. The van der Waals surface area contributed by atoms with E-state index in [2.05, 4.69) is 44.1 Å². The molecule has 2 heterocycles. The molecule has 1 aromatic heterocycles. The third-order valence-corrected chi connectivity index (χ3v) is 5.55. The molecule has 2 rings (SSSR count). The van der Waals surface area contributed by atoms with E-state index in [1.54, 1.807) is 11.3 Å². The van der Waals surface area contributed by atoms with Gasteiger partial charge in [-0.25, -0.2) is 0 Å². The molecule has 0 aromatic carbocycles. The standard InChI is InChI=1S/C15H23BrN2OS/c1-3-13-6-4-5-7-18(13)15(19)10-17(2)9-14-8-12(16)11-20-14/h8,11,13H,3-7,9-10H2,1-2H3. The number of piperidine rings is 1. The molecular formula is C15H23BrN2OS. The normalized spacial score (nSPS) is 19.6. The Morgan fingerprint density at radius 1 is 1.55 bits per heavy atom. The number of carbonyl (C=O) groups excluding carboxylic acids is 1. The summed E-state index contributed by atoms with van der Waals surface area (Å²) in [6, 6.07) is 2.59. The number of hydrogen-bond donors (Lipinski definition) is 0. The summed E-state index contributed by atoms with van der Waals surface area (Å²) < 4.78 is 1.12. The minimum absolute atomic E-state index is 0.287. The summed E-state index contributed by atoms with van der Waals surface area (Å²) in [5.74, 6) is 0.287. The molecule has 1 aliphatic rings. The molecule has 1 atom stereocenters. The Morgan fingerprint density at radius 3 is 3.00 bits per heavy atom. The Hall–Kier alpha value is -0.390. The highest BCUT2D eigenvalue weighted by atomic mass is 79.9. The second-order valence-corrected chi connectivity index (χ2v) is 7.46. The van der Waals surface area contributed by atoms with Gasteiger partial charge in [0.05, 0.1) is 6.54 Å². The van der Waals surface area contributed by atoms with Crippen LogP contribution in [-0.2, 0) is 11.3 Å². The number of halogens is 1. The monoisotopic (exact) mass is 358 g/mol. The van der Waals surface area contributed by atoms with Crippen molar-refractivity contribution in [3.8, 4) is 0 Å². The first-order valence-electron chi connectivity index (χ1n) is 7.31. The molecule has 0 N–H and O–H groups in total. The summed E-state index contributed by atoms with van der Waals surface area (Å²) in [5.41, 5.74) is 0. The van der Waals surface area contributed by atoms with E-state index in [0.29, 0.717) is 12.6 Å². The van der Waals surface area contributed by atoms with Crippen LogP contribution in [0.1, 0.15) is 37.5 Å². The molecule has 20 heavy (non-hydrogen) atoms. The van der Waals surface area contributed by atoms with Crippen LogP contribution in [0.15, 0.2) is 15.9 Å². The Balaban J connectivity index is 1.86. The highest BCUT2D eigenvalue weighted by Crippen LogP contribution is 2.22. The maximum absolute atomic E-state index is 12.5. The van der Waals surface area contributed by atoms with E-state index in [1.165, 1.54) is 17.7 Å². The van der Waals surface area contributed by atoms with E-state index in [4.69, 9.17) is 0 Å². The Kier molecular flexibility index (Phi) is 6.05. The first-order chi connectivity index (χ1) is 9.60. The Labute approximate surface area is 134 Å². The zero-order valence-electron chi connectivity index (χ0n) is 12.3. The SMILES string of the molecule is CCC1CCCCN1C(=O)CN(C)Cc1cc(Br)cs1. The fourth-order valence-corrected chi connectivity index (χ4v) is 4.36. The minimum atomic E-state index is 0.287. The van der Waals surface area contributed by atoms with Crippen LogP contribution in [0.2, 0.25) is 0 Å². The molecule has 0 radical (unpaired) electrons. The number of amides is 1. The summed E-state index contributed by atoms with van der Waals surface area (Å²) in [6.45, 7) is 4.48. The van der Waals surface area contributed by atoms with Gasteiger partial charge in [0.25, 0.3) is 0 Å². The summed E-state index contributed by atoms with van der Waals surface area (Å²) in [4.78, 5) is 18.0. The van der Waals surface area contributed by atoms with E-state index in [9.17, 15) is 4.79 Å². The zero-order valence-corrected chi connectivity index (χ0v) is 14.7. The summed E-state index contributed by atoms with van der Waals surface area (Å²) >= 11 is 5.20. The van der Waals surface area contributed by atoms with Crippen molar-refractivity contribution in [2.24, 2.45) is 0 Å². The minimum Gasteiger partial charge on any atom is -0.339 e. The third-order valence-electron chi connectivity index (χ3n) is 3.87. The largest absolute Gasteiger partial charge is 0.339 e. The van der Waals surface area contributed by atoms with Gasteiger partial charge in [-0.1, -0.05) is 6.92 Å². The van der Waals surface area contributed by atoms with E-state index >= 15 is 0 Å². The van der Waals surface area contributed by atoms with Gasteiger partial charge in [0.2, 0.25) is 5.91 Å². The highest BCUT2D eigenvalue weighted by Gasteiger charge is 2.25. The van der Waals surface area contributed by atoms with Gasteiger partial charge < -0.3 is 4.90 Å². The van der Waals surface area contributed by atoms with Crippen molar-refractivity contribution in [1.82, 2.24) is 9.80 Å². The van der Waals surface area contributed by atoms with Gasteiger partial charge in [0.15, 0.2) is 0 Å². The lowest BCUT2D eigenvalue weighted by Gasteiger charge is -2.36. The Bertz CT molecular complexity index is 449. The van der Waals surface area contributed by atoms with Crippen molar-refractivity contribution in [1.29, 1.82) is 0 Å². The van der Waals surface area contributed by atoms with Crippen molar-refractivity contribution in [2.45, 2.75) is 45.2 Å². The molecule has 0 aliphatic carbocycles. The molecule has 1 unspecified atom stereocenters. The van der Waals surface area contributed by atoms with Crippen LogP contribution >= 0.6 is 27.3 Å². The predicted molar refractivity (Wildman–Crippen MR) is 88.0 cm³/mol. The molecule has 1 fully saturated rings. The van der Waals surface area contributed by atoms with E-state index < -0.39 is 0 Å². The summed E-state index contributed by atoms with van der Waals surface area (Å²) in [7, 11) is 2.02. The first kappa shape index (κ1) is 16.0. The van der Waals surface area contributed by atoms with Crippen molar-refractivity contribution < 1.29 is 4.79 Å². The molecule has 0 bridgehead atoms. The van der Waals surface area contributed by atoms with Crippen LogP contribution in [0.4, 0.5) is 0 Å². The number of rotatable bonds is 5. The van der Waals surface area contributed by atoms with Crippen LogP contribution < -0.4 is 0 Å². The van der Waals surface area contributed by atoms with Crippen LogP contribution in [0.25, 0.3) is 0 Å². The number of carbonyl (C=O) groups is 1. The van der Waals surface area contributed by atoms with E-state index in [-0.39, 0.29) is 5.91 Å². The average Bonchev–Trinajstić information content (AvgIpc) is 2.83. The molecule has 5 heteroatoms. The van der Waals surface area contributed by atoms with Crippen molar-refractivity contribution in [3.05, 3.63) is 20.8 Å². The van der Waals surface area contributed by atoms with Gasteiger partial charge in [-0.3, -0.25) is 9.69 Å². The molecule has 0 spiro atoms. The van der Waals surface area contributed by atoms with Crippen LogP contribution in [-0.4, -0.2) is 41.9 Å². The zero-order chi connectivity index (χ0) is 14.5. The number of nitrogens with zero attached hydrogens (tertiary/aromatic N) is 2. The second kappa shape index (κ2) is 7.57. The number of thiophene rings is 1. The van der Waals surface area contributed by atoms with Crippen LogP contribution in [0.3, 0.4) is 0 Å². The van der Waals surface area contributed by atoms with Gasteiger partial charge in [-0.2, -0.15) is 0 Å². The van der Waals surface area contributed by atoms with Gasteiger partial charge in [-0.15, -0.1) is 11.3 Å². The molecule has 1 amide bonds. The maximum atomic E-state index is 12.5. The maximum Gasteiger partial charge on any atom is 0.236 e. The van der Waals surface area contributed by atoms with Crippen molar-refractivity contribution >= 4 is 33.2 Å². The molecule has 1 aliphatic heterocycles. The topological polar surface area (TPSA) is 23.6 Å². The molecular weight excluding hydrogens is 336 g/mol. The lowest BCUT2D eigenvalue weighted by Crippen LogP contribution is -2.47. The average molecular weight is 359 g/mol. The summed E-state index contributed by atoms with van der Waals surface area (Å²) in [5, 5.41) is 2.09. The van der Waals surface area contributed by atoms with Crippen LogP contribution in [0, 0.1) is 0 Å². The van der Waals surface area contributed by atoms with Gasteiger partial charge in [0.1, 0.15) is 0 Å².